The van der Waals surface area contributed by atoms with Gasteiger partial charge in [-0.15, -0.1) is 11.8 Å². The lowest BCUT2D eigenvalue weighted by molar-refractivity contribution is -0.387. The Kier molecular flexibility index (Phi) is 5.55. The minimum atomic E-state index is -0.716. The largest absolute Gasteiger partial charge is 0.366 e. The lowest BCUT2D eigenvalue weighted by atomic mass is 9.49. The number of hydrogen-bond donors (Lipinski definition) is 2. The molecule has 4 bridgehead atoms. The maximum absolute atomic E-state index is 12.3. The molecular formula is C21H27N3O4S. The second-order valence-electron chi connectivity index (χ2n) is 9.11. The van der Waals surface area contributed by atoms with Crippen molar-refractivity contribution in [2.24, 2.45) is 28.9 Å². The molecule has 0 saturated heterocycles. The van der Waals surface area contributed by atoms with Gasteiger partial charge in [-0.2, -0.15) is 0 Å². The Balaban J connectivity index is 1.28. The molecule has 0 radical (unpaired) electrons. The van der Waals surface area contributed by atoms with Gasteiger partial charge < -0.3 is 11.1 Å². The average molecular weight is 418 g/mol. The molecule has 4 saturated carbocycles. The van der Waals surface area contributed by atoms with Crippen molar-refractivity contribution in [1.82, 2.24) is 5.32 Å². The highest BCUT2D eigenvalue weighted by Crippen LogP contribution is 2.61. The quantitative estimate of drug-likeness (QED) is 0.381. The number of nitrogens with zero attached hydrogens (tertiary/aromatic N) is 1. The molecule has 3 N–H and O–H groups in total. The minimum Gasteiger partial charge on any atom is -0.366 e. The minimum absolute atomic E-state index is 0.0843. The van der Waals surface area contributed by atoms with Crippen molar-refractivity contribution in [1.29, 1.82) is 0 Å². The number of carbonyl (C=O) groups is 2. The summed E-state index contributed by atoms with van der Waals surface area (Å²) < 4.78 is 0. The summed E-state index contributed by atoms with van der Waals surface area (Å²) in [5.74, 6) is 1.97. The third-order valence-corrected chi connectivity index (χ3v) is 8.00. The molecule has 7 nitrogen and oxygen atoms in total. The maximum Gasteiger partial charge on any atom is 0.283 e. The first-order valence-electron chi connectivity index (χ1n) is 10.3. The first kappa shape index (κ1) is 20.2. The molecule has 8 heteroatoms. The molecule has 1 aromatic rings. The summed E-state index contributed by atoms with van der Waals surface area (Å²) in [6.07, 6.45) is 9.24. The Morgan fingerprint density at radius 1 is 1.17 bits per heavy atom. The van der Waals surface area contributed by atoms with Crippen LogP contribution in [-0.2, 0) is 4.79 Å². The first-order valence-corrected chi connectivity index (χ1v) is 11.3. The highest BCUT2D eigenvalue weighted by molar-refractivity contribution is 8.00. The molecule has 0 aliphatic heterocycles. The molecule has 4 aliphatic rings. The summed E-state index contributed by atoms with van der Waals surface area (Å²) >= 11 is 1.11. The zero-order chi connectivity index (χ0) is 20.6. The standard InChI is InChI=1S/C21H27N3O4S/c22-20(26)16-1-2-18(17(8-16)24(27)28)29-12-19(25)23-4-3-21-9-13-5-14(10-21)7-15(6-13)11-21/h1-2,8,13-15H,3-7,9-12H2,(H2,22,26)(H,23,25). The van der Waals surface area contributed by atoms with Gasteiger partial charge in [0.25, 0.3) is 5.69 Å². The summed E-state index contributed by atoms with van der Waals surface area (Å²) in [6, 6.07) is 4.09. The number of nitro groups is 1. The molecule has 0 heterocycles. The molecule has 1 aromatic carbocycles. The number of rotatable bonds is 8. The van der Waals surface area contributed by atoms with Crippen LogP contribution in [-0.4, -0.2) is 29.0 Å². The Labute approximate surface area is 174 Å². The number of nitrogens with two attached hydrogens (primary N) is 1. The van der Waals surface area contributed by atoms with Crippen molar-refractivity contribution >= 4 is 29.3 Å². The van der Waals surface area contributed by atoms with Gasteiger partial charge >= 0.3 is 0 Å². The van der Waals surface area contributed by atoms with Gasteiger partial charge in [0.2, 0.25) is 11.8 Å². The van der Waals surface area contributed by atoms with E-state index in [1.807, 2.05) is 0 Å². The van der Waals surface area contributed by atoms with E-state index in [4.69, 9.17) is 5.73 Å². The molecule has 4 aliphatic carbocycles. The van der Waals surface area contributed by atoms with Crippen LogP contribution in [0.4, 0.5) is 5.69 Å². The molecular weight excluding hydrogens is 390 g/mol. The summed E-state index contributed by atoms with van der Waals surface area (Å²) in [4.78, 5) is 34.6. The van der Waals surface area contributed by atoms with Crippen LogP contribution in [0.1, 0.15) is 55.3 Å². The number of hydrogen-bond acceptors (Lipinski definition) is 5. The fourth-order valence-electron chi connectivity index (χ4n) is 6.19. The van der Waals surface area contributed by atoms with Gasteiger partial charge in [0.15, 0.2) is 0 Å². The third-order valence-electron chi connectivity index (χ3n) is 6.94. The van der Waals surface area contributed by atoms with Gasteiger partial charge in [0, 0.05) is 18.2 Å². The Morgan fingerprint density at radius 2 is 1.79 bits per heavy atom. The number of benzene rings is 1. The Hall–Kier alpha value is -2.09. The lowest BCUT2D eigenvalue weighted by Crippen LogP contribution is -2.47. The fraction of sp³-hybridized carbons (Fsp3) is 0.619. The van der Waals surface area contributed by atoms with Crippen molar-refractivity contribution in [3.63, 3.8) is 0 Å². The van der Waals surface area contributed by atoms with Crippen molar-refractivity contribution in [3.8, 4) is 0 Å². The van der Waals surface area contributed by atoms with Crippen LogP contribution in [0.15, 0.2) is 23.1 Å². The molecule has 2 amide bonds. The summed E-state index contributed by atoms with van der Waals surface area (Å²) in [5.41, 5.74) is 5.50. The van der Waals surface area contributed by atoms with E-state index >= 15 is 0 Å². The maximum atomic E-state index is 12.3. The van der Waals surface area contributed by atoms with Gasteiger partial charge in [0.1, 0.15) is 0 Å². The number of nitro benzene ring substituents is 1. The highest BCUT2D eigenvalue weighted by atomic mass is 32.2. The van der Waals surface area contributed by atoms with Gasteiger partial charge in [0.05, 0.1) is 15.6 Å². The molecule has 29 heavy (non-hydrogen) atoms. The van der Waals surface area contributed by atoms with Gasteiger partial charge in [-0.25, -0.2) is 0 Å². The number of thioether (sulfide) groups is 1. The van der Waals surface area contributed by atoms with Gasteiger partial charge in [-0.3, -0.25) is 19.7 Å². The van der Waals surface area contributed by atoms with Crippen LogP contribution in [0.5, 0.6) is 0 Å². The van der Waals surface area contributed by atoms with Crippen molar-refractivity contribution in [3.05, 3.63) is 33.9 Å². The van der Waals surface area contributed by atoms with Crippen molar-refractivity contribution < 1.29 is 14.5 Å². The van der Waals surface area contributed by atoms with Gasteiger partial charge in [-0.05, 0) is 80.2 Å². The lowest BCUT2D eigenvalue weighted by Gasteiger charge is -2.57. The Morgan fingerprint density at radius 3 is 2.34 bits per heavy atom. The summed E-state index contributed by atoms with van der Waals surface area (Å²) in [6.45, 7) is 0.675. The summed E-state index contributed by atoms with van der Waals surface area (Å²) in [7, 11) is 0. The molecule has 0 atom stereocenters. The van der Waals surface area contributed by atoms with Crippen LogP contribution in [0, 0.1) is 33.3 Å². The van der Waals surface area contributed by atoms with Crippen LogP contribution in [0.25, 0.3) is 0 Å². The van der Waals surface area contributed by atoms with E-state index in [0.717, 1.165) is 42.0 Å². The molecule has 0 spiro atoms. The van der Waals surface area contributed by atoms with Crippen LogP contribution < -0.4 is 11.1 Å². The van der Waals surface area contributed by atoms with E-state index in [1.54, 1.807) is 0 Å². The average Bonchev–Trinajstić information content (AvgIpc) is 2.64. The summed E-state index contributed by atoms with van der Waals surface area (Å²) in [5, 5.41) is 14.3. The molecule has 0 aromatic heterocycles. The van der Waals surface area contributed by atoms with E-state index in [2.05, 4.69) is 5.32 Å². The second-order valence-corrected chi connectivity index (χ2v) is 10.1. The van der Waals surface area contributed by atoms with E-state index in [0.29, 0.717) is 16.9 Å². The molecule has 4 fully saturated rings. The van der Waals surface area contributed by atoms with E-state index < -0.39 is 10.8 Å². The highest BCUT2D eigenvalue weighted by Gasteiger charge is 2.50. The fourth-order valence-corrected chi connectivity index (χ4v) is 7.03. The monoisotopic (exact) mass is 417 g/mol. The SMILES string of the molecule is NC(=O)c1ccc(SCC(=O)NCCC23CC4CC(CC(C4)C2)C3)c([N+](=O)[O-])c1. The zero-order valence-electron chi connectivity index (χ0n) is 16.4. The third kappa shape index (κ3) is 4.42. The van der Waals surface area contributed by atoms with Crippen molar-refractivity contribution in [2.45, 2.75) is 49.8 Å². The van der Waals surface area contributed by atoms with Crippen LogP contribution >= 0.6 is 11.8 Å². The zero-order valence-corrected chi connectivity index (χ0v) is 17.2. The second kappa shape index (κ2) is 7.97. The topological polar surface area (TPSA) is 115 Å². The number of nitrogens with one attached hydrogen (secondary N) is 1. The van der Waals surface area contributed by atoms with E-state index in [1.165, 1.54) is 50.7 Å². The van der Waals surface area contributed by atoms with Crippen LogP contribution in [0.3, 0.4) is 0 Å². The van der Waals surface area contributed by atoms with Crippen molar-refractivity contribution in [2.75, 3.05) is 12.3 Å². The molecule has 5 rings (SSSR count). The Bertz CT molecular complexity index is 806. The number of carbonyl (C=O) groups excluding carboxylic acids is 2. The predicted molar refractivity (Wildman–Crippen MR) is 111 cm³/mol. The van der Waals surface area contributed by atoms with E-state index in [9.17, 15) is 19.7 Å². The van der Waals surface area contributed by atoms with Crippen LogP contribution in [0.2, 0.25) is 0 Å². The smallest absolute Gasteiger partial charge is 0.283 e. The molecule has 0 unspecified atom stereocenters. The molecule has 156 valence electrons. The predicted octanol–water partition coefficient (Wildman–Crippen LogP) is 3.51. The van der Waals surface area contributed by atoms with Gasteiger partial charge in [-0.1, -0.05) is 0 Å². The number of amides is 2. The van der Waals surface area contributed by atoms with E-state index in [-0.39, 0.29) is 22.9 Å². The number of primary amides is 1. The normalized spacial score (nSPS) is 29.6. The first-order chi connectivity index (χ1) is 13.8.